The van der Waals surface area contributed by atoms with Gasteiger partial charge in [0.25, 0.3) is 0 Å². The van der Waals surface area contributed by atoms with E-state index in [9.17, 15) is 29.4 Å². The monoisotopic (exact) mass is 2030 g/mol. The van der Waals surface area contributed by atoms with Crippen molar-refractivity contribution in [3.05, 3.63) is 0 Å². The average Bonchev–Trinajstić information content (AvgIpc) is 3.18. The first-order valence-corrected chi connectivity index (χ1v) is 58.4. The van der Waals surface area contributed by atoms with E-state index in [0.717, 1.165) is 50.6 Å². The Balaban J connectivity index is -0.000000189. The largest absolute Gasteiger partial charge is 0.481 e. The predicted octanol–water partition coefficient (Wildman–Crippen LogP) is 22.2. The third-order valence-electron chi connectivity index (χ3n) is 11.9. The molecule has 17 nitrogen and oxygen atoms in total. The number of hydrogen-bond acceptors (Lipinski definition) is 13. The summed E-state index contributed by atoms with van der Waals surface area (Å²) in [7, 11) is -24.5. The number of carboxylic acids is 2. The fraction of sp³-hybridized carbons (Fsp3) is 0.938. The number of ether oxygens (including phenoxy) is 1. The van der Waals surface area contributed by atoms with Gasteiger partial charge in [-0.25, -0.2) is 0 Å². The Morgan fingerprint density at radius 2 is 0.547 bits per heavy atom. The number of carboxylic acid groups (broad SMARTS) is 2. The van der Waals surface area contributed by atoms with Crippen molar-refractivity contribution in [2.24, 2.45) is 11.8 Å². The summed E-state index contributed by atoms with van der Waals surface area (Å²) < 4.78 is 61.3. The van der Waals surface area contributed by atoms with Gasteiger partial charge in [-0.3, -0.25) is 19.2 Å². The van der Waals surface area contributed by atoms with Crippen LogP contribution in [0.5, 0.6) is 0 Å². The molecule has 0 fully saturated rings. The first-order valence-electron chi connectivity index (χ1n) is 29.1. The van der Waals surface area contributed by atoms with E-state index in [1.54, 1.807) is 0 Å². The van der Waals surface area contributed by atoms with Crippen molar-refractivity contribution in [3.8, 4) is 0 Å². The molecule has 31 heteroatoms. The summed E-state index contributed by atoms with van der Waals surface area (Å²) in [5.41, 5.74) is 0. The minimum absolute atomic E-state index is 0. The molecule has 0 saturated heterocycles. The fourth-order valence-electron chi connectivity index (χ4n) is 10.2. The summed E-state index contributed by atoms with van der Waals surface area (Å²) in [5.74, 6) is -4.37. The van der Waals surface area contributed by atoms with Crippen LogP contribution >= 0.6 is 0 Å². The third kappa shape index (κ3) is 79.7. The Kier molecular flexibility index (Phi) is 108. The number of aliphatic carboxylic acids is 2. The predicted molar refractivity (Wildman–Crippen MR) is 432 cm³/mol. The number of nitrogens with one attached hydrogen (secondary N) is 2. The van der Waals surface area contributed by atoms with Crippen molar-refractivity contribution in [1.82, 2.24) is 10.6 Å². The summed E-state index contributed by atoms with van der Waals surface area (Å²) in [6.45, 7) is 47.9. The van der Waals surface area contributed by atoms with E-state index in [1.807, 2.05) is 0 Å². The zero-order valence-electron chi connectivity index (χ0n) is 54.9. The summed E-state index contributed by atoms with van der Waals surface area (Å²) in [4.78, 5) is 50.9. The maximum Gasteiger partial charge on any atom is 0.315 e. The zero-order valence-corrected chi connectivity index (χ0v) is 76.4. The summed E-state index contributed by atoms with van der Waals surface area (Å²) in [5, 5.41) is 25.3. The van der Waals surface area contributed by atoms with Crippen LogP contribution in [0, 0.1) is 11.8 Å². The molecule has 0 heterocycles. The number of hydrogen-bond donors (Lipinski definition) is 4. The van der Waals surface area contributed by atoms with Crippen LogP contribution in [0.3, 0.4) is 0 Å². The summed E-state index contributed by atoms with van der Waals surface area (Å²) in [6.07, 6.45) is 10.2. The van der Waals surface area contributed by atoms with Crippen LogP contribution in [0.25, 0.3) is 0 Å². The number of amides is 2. The molecule has 0 spiro atoms. The van der Waals surface area contributed by atoms with E-state index in [0.29, 0.717) is 37.8 Å². The van der Waals surface area contributed by atoms with Gasteiger partial charge >= 0.3 is 63.3 Å². The first-order chi connectivity index (χ1) is 34.9. The topological polar surface area (TPSA) is 216 Å². The van der Waals surface area contributed by atoms with Gasteiger partial charge in [0, 0.05) is 132 Å². The first kappa shape index (κ1) is 148. The van der Waals surface area contributed by atoms with Crippen molar-refractivity contribution in [1.29, 1.82) is 0 Å². The molecule has 6 unspecified atom stereocenters. The molecule has 0 aromatic rings. The van der Waals surface area contributed by atoms with E-state index in [2.05, 4.69) is 155 Å². The van der Waals surface area contributed by atoms with Crippen molar-refractivity contribution >= 4 is 108 Å². The fourth-order valence-corrected chi connectivity index (χ4v) is 57.6. The molecule has 2 amide bonds. The summed E-state index contributed by atoms with van der Waals surface area (Å²) >= 11 is 0. The van der Waals surface area contributed by atoms with Crippen LogP contribution in [0.2, 0.25) is 155 Å². The Morgan fingerprint density at radius 3 is 0.737 bits per heavy atom. The van der Waals surface area contributed by atoms with Gasteiger partial charge in [0.15, 0.2) is 33.3 Å². The number of unbranched alkanes of at least 4 members (excludes halogenated alkanes) is 6. The van der Waals surface area contributed by atoms with Gasteiger partial charge in [0.1, 0.15) is 0 Å². The molecule has 95 heavy (non-hydrogen) atoms. The van der Waals surface area contributed by atoms with Gasteiger partial charge in [-0.2, -0.15) is 0 Å². The normalized spacial score (nSPS) is 13.9. The van der Waals surface area contributed by atoms with Crippen molar-refractivity contribution < 1.29 is 175 Å². The standard InChI is InChI=1S/C50H116N2O15Si10.14CH4.2W.2Y/c1-23-25-27-29-39-74(19,60-68(3,4)5)64-72(15,16)66-76(21,62-70(9,10)11)41-31-33-45(43-47(53)54)49(57)51-35-37-59-38-36-52-50(58)46(44-48(55)56)34-32-42-77(22,63-71(12,13)14)67-73(17,18)65-75(20,61-69(6,7)8)40-30-28-26-24-2;;;;;;;;;;;;;;;;;;/h45-46H,23-44H2,1-22H3,(H,51,57)(H,52,58)(H,53,54)(H,55,56);14*1H4;;;;. The van der Waals surface area contributed by atoms with Crippen LogP contribution in [-0.4, -0.2) is 145 Å². The second-order valence-corrected chi connectivity index (χ2v) is 66.9. The number of carbonyl (C=O) groups excluding carboxylic acids is 2. The van der Waals surface area contributed by atoms with E-state index in [4.69, 9.17) is 37.7 Å². The molecule has 0 aliphatic rings. The second-order valence-electron chi connectivity index (χ2n) is 26.8. The van der Waals surface area contributed by atoms with Crippen LogP contribution in [0.1, 0.15) is 208 Å². The molecule has 0 aliphatic heterocycles. The minimum atomic E-state index is -2.87. The Labute approximate surface area is 686 Å². The molecular formula is C64H172N2O15Si10W2Y2. The molecule has 0 saturated carbocycles. The smallest absolute Gasteiger partial charge is 0.315 e. The third-order valence-corrected chi connectivity index (χ3v) is 48.5. The zero-order chi connectivity index (χ0) is 59.8. The van der Waals surface area contributed by atoms with Crippen molar-refractivity contribution in [2.75, 3.05) is 26.3 Å². The maximum absolute atomic E-state index is 13.5. The van der Waals surface area contributed by atoms with Crippen molar-refractivity contribution in [2.45, 2.75) is 363 Å². The number of carbonyl (C=O) groups is 4. The maximum atomic E-state index is 13.5. The van der Waals surface area contributed by atoms with E-state index in [-0.39, 0.29) is 262 Å². The molecule has 0 aliphatic carbocycles. The molecule has 2 radical (unpaired) electrons. The van der Waals surface area contributed by atoms with Gasteiger partial charge in [-0.05, 0) is 168 Å². The van der Waals surface area contributed by atoms with Gasteiger partial charge in [0.05, 0.1) is 26.1 Å². The van der Waals surface area contributed by atoms with Crippen LogP contribution in [0.4, 0.5) is 0 Å². The molecular weight excluding hydrogens is 1860 g/mol. The van der Waals surface area contributed by atoms with Gasteiger partial charge in [-0.1, -0.05) is 182 Å². The van der Waals surface area contributed by atoms with Crippen LogP contribution < -0.4 is 10.6 Å². The van der Waals surface area contributed by atoms with Crippen LogP contribution in [-0.2, 0) is 164 Å². The second kappa shape index (κ2) is 69.0. The molecule has 0 aromatic heterocycles. The molecule has 0 rings (SSSR count). The van der Waals surface area contributed by atoms with Crippen molar-refractivity contribution in [3.63, 3.8) is 0 Å². The minimum Gasteiger partial charge on any atom is -0.481 e. The molecule has 4 N–H and O–H groups in total. The molecule has 0 bridgehead atoms. The molecule has 6 atom stereocenters. The average molecular weight is 2040 g/mol. The SMILES string of the molecule is C.C.C.C.C.C.C.C.C.C.C.C.C.C.CCCCCC[Si](C)(O[Si](C)(C)C)O[Si](C)(C)O[Si](C)(CCCC(CC(=O)O)C(=O)NCCOCCNC(=O)C(CCC[Si](C)(O[Si](C)(C)C)O[Si](C)(C)O[Si](C)(CCCCCC)O[Si](C)(C)C)CC(=O)O)O[Si](C)(C)C.[W].[W].[Y].[Y]. The van der Waals surface area contributed by atoms with Gasteiger partial charge < -0.3 is 58.5 Å². The van der Waals surface area contributed by atoms with E-state index in [1.165, 1.54) is 12.8 Å². The van der Waals surface area contributed by atoms with E-state index >= 15 is 0 Å². The Hall–Kier alpha value is 3.27. The molecule has 586 valence electrons. The van der Waals surface area contributed by atoms with Gasteiger partial charge in [0.2, 0.25) is 11.8 Å². The Morgan fingerprint density at radius 1 is 0.337 bits per heavy atom. The molecule has 0 aromatic carbocycles. The number of rotatable bonds is 46. The quantitative estimate of drug-likeness (QED) is 0.0329. The Bertz CT molecular complexity index is 1670. The van der Waals surface area contributed by atoms with E-state index < -0.39 is 108 Å². The van der Waals surface area contributed by atoms with Crippen LogP contribution in [0.15, 0.2) is 0 Å². The summed E-state index contributed by atoms with van der Waals surface area (Å²) in [6, 6.07) is 2.99. The van der Waals surface area contributed by atoms with Gasteiger partial charge in [-0.15, -0.1) is 0 Å².